The number of rotatable bonds is 4. The highest BCUT2D eigenvalue weighted by atomic mass is 19.1. The van der Waals surface area contributed by atoms with Crippen molar-refractivity contribution in [3.05, 3.63) is 46.5 Å². The predicted octanol–water partition coefficient (Wildman–Crippen LogP) is 3.46. The van der Waals surface area contributed by atoms with Gasteiger partial charge in [0.1, 0.15) is 5.82 Å². The summed E-state index contributed by atoms with van der Waals surface area (Å²) in [6.07, 6.45) is 1.76. The van der Waals surface area contributed by atoms with Crippen LogP contribution in [-0.2, 0) is 12.8 Å². The van der Waals surface area contributed by atoms with Gasteiger partial charge in [0.15, 0.2) is 0 Å². The van der Waals surface area contributed by atoms with E-state index in [0.717, 1.165) is 35.5 Å². The molecule has 0 aliphatic heterocycles. The first kappa shape index (κ1) is 14.7. The lowest BCUT2D eigenvalue weighted by atomic mass is 10.0. The van der Waals surface area contributed by atoms with Crippen LogP contribution in [0.5, 0.6) is 0 Å². The van der Waals surface area contributed by atoms with Crippen LogP contribution in [0.1, 0.15) is 49.3 Å². The van der Waals surface area contributed by atoms with E-state index in [0.29, 0.717) is 5.56 Å². The summed E-state index contributed by atoms with van der Waals surface area (Å²) < 4.78 is 15.7. The largest absolute Gasteiger partial charge is 0.324 e. The van der Waals surface area contributed by atoms with Crippen molar-refractivity contribution < 1.29 is 4.39 Å². The minimum atomic E-state index is -0.237. The number of hydrogen-bond donors (Lipinski definition) is 1. The number of benzene rings is 1. The van der Waals surface area contributed by atoms with E-state index < -0.39 is 0 Å². The van der Waals surface area contributed by atoms with Crippen LogP contribution in [0.25, 0.3) is 5.69 Å². The Morgan fingerprint density at radius 3 is 2.50 bits per heavy atom. The average molecular weight is 275 g/mol. The molecule has 20 heavy (non-hydrogen) atoms. The van der Waals surface area contributed by atoms with E-state index in [9.17, 15) is 4.39 Å². The molecule has 1 aromatic heterocycles. The molecule has 0 bridgehead atoms. The fourth-order valence-corrected chi connectivity index (χ4v) is 2.34. The standard InChI is InChI=1S/C16H22FN3/c1-5-12-8-13(6-2)20(19-12)16-7-10(3)15(17)9-14(16)11(4)18/h7-9,11H,5-6,18H2,1-4H3/t11-/m1/s1. The first-order valence-electron chi connectivity index (χ1n) is 7.11. The van der Waals surface area contributed by atoms with Crippen molar-refractivity contribution in [1.29, 1.82) is 0 Å². The monoisotopic (exact) mass is 275 g/mol. The molecule has 0 radical (unpaired) electrons. The summed E-state index contributed by atoms with van der Waals surface area (Å²) in [7, 11) is 0. The van der Waals surface area contributed by atoms with Gasteiger partial charge >= 0.3 is 0 Å². The molecule has 0 fully saturated rings. The van der Waals surface area contributed by atoms with Crippen molar-refractivity contribution in [3.8, 4) is 5.69 Å². The molecule has 0 saturated heterocycles. The smallest absolute Gasteiger partial charge is 0.126 e. The lowest BCUT2D eigenvalue weighted by molar-refractivity contribution is 0.610. The zero-order chi connectivity index (χ0) is 14.9. The minimum Gasteiger partial charge on any atom is -0.324 e. The Hall–Kier alpha value is -1.68. The Morgan fingerprint density at radius 2 is 1.95 bits per heavy atom. The molecular formula is C16H22FN3. The normalized spacial score (nSPS) is 12.7. The molecule has 0 aliphatic rings. The average Bonchev–Trinajstić information content (AvgIpc) is 2.84. The van der Waals surface area contributed by atoms with Gasteiger partial charge in [-0.1, -0.05) is 13.8 Å². The predicted molar refractivity (Wildman–Crippen MR) is 79.6 cm³/mol. The van der Waals surface area contributed by atoms with Crippen LogP contribution in [0.2, 0.25) is 0 Å². The minimum absolute atomic E-state index is 0.220. The van der Waals surface area contributed by atoms with Crippen molar-refractivity contribution in [2.24, 2.45) is 5.73 Å². The fraction of sp³-hybridized carbons (Fsp3) is 0.438. The molecule has 1 aromatic carbocycles. The first-order valence-corrected chi connectivity index (χ1v) is 7.11. The number of aromatic nitrogens is 2. The van der Waals surface area contributed by atoms with Gasteiger partial charge in [0.05, 0.1) is 11.4 Å². The molecule has 0 unspecified atom stereocenters. The molecule has 0 spiro atoms. The number of nitrogens with zero attached hydrogens (tertiary/aromatic N) is 2. The van der Waals surface area contributed by atoms with Crippen molar-refractivity contribution >= 4 is 0 Å². The van der Waals surface area contributed by atoms with Crippen LogP contribution in [0.15, 0.2) is 18.2 Å². The summed E-state index contributed by atoms with van der Waals surface area (Å²) in [4.78, 5) is 0. The summed E-state index contributed by atoms with van der Waals surface area (Å²) in [6.45, 7) is 7.80. The van der Waals surface area contributed by atoms with Gasteiger partial charge in [-0.05, 0) is 56.0 Å². The quantitative estimate of drug-likeness (QED) is 0.928. The van der Waals surface area contributed by atoms with Crippen molar-refractivity contribution in [1.82, 2.24) is 9.78 Å². The number of halogens is 1. The second kappa shape index (κ2) is 5.75. The third-order valence-electron chi connectivity index (χ3n) is 3.58. The maximum Gasteiger partial charge on any atom is 0.126 e. The highest BCUT2D eigenvalue weighted by Crippen LogP contribution is 2.25. The molecule has 0 saturated carbocycles. The van der Waals surface area contributed by atoms with E-state index in [1.807, 2.05) is 17.7 Å². The molecule has 0 aliphatic carbocycles. The Balaban J connectivity index is 2.67. The fourth-order valence-electron chi connectivity index (χ4n) is 2.34. The molecule has 3 nitrogen and oxygen atoms in total. The summed E-state index contributed by atoms with van der Waals surface area (Å²) in [5.74, 6) is -0.220. The van der Waals surface area contributed by atoms with Gasteiger partial charge in [0.25, 0.3) is 0 Å². The number of hydrogen-bond acceptors (Lipinski definition) is 2. The first-order chi connectivity index (χ1) is 9.47. The number of aryl methyl sites for hydroxylation is 3. The Bertz CT molecular complexity index is 614. The zero-order valence-corrected chi connectivity index (χ0v) is 12.6. The molecule has 2 aromatic rings. The maximum absolute atomic E-state index is 13.8. The summed E-state index contributed by atoms with van der Waals surface area (Å²) >= 11 is 0. The number of nitrogens with two attached hydrogens (primary N) is 1. The molecule has 0 amide bonds. The van der Waals surface area contributed by atoms with Gasteiger partial charge in [-0.3, -0.25) is 0 Å². The third kappa shape index (κ3) is 2.61. The lowest BCUT2D eigenvalue weighted by Crippen LogP contribution is -2.13. The molecule has 1 heterocycles. The van der Waals surface area contributed by atoms with Crippen LogP contribution in [-0.4, -0.2) is 9.78 Å². The molecule has 4 heteroatoms. The van der Waals surface area contributed by atoms with Crippen LogP contribution >= 0.6 is 0 Å². The Labute approximate surface area is 119 Å². The van der Waals surface area contributed by atoms with Gasteiger partial charge in [-0.25, -0.2) is 9.07 Å². The van der Waals surface area contributed by atoms with Crippen LogP contribution < -0.4 is 5.73 Å². The summed E-state index contributed by atoms with van der Waals surface area (Å²) in [6, 6.07) is 5.23. The van der Waals surface area contributed by atoms with Crippen LogP contribution in [0.3, 0.4) is 0 Å². The summed E-state index contributed by atoms with van der Waals surface area (Å²) in [5, 5.41) is 4.62. The van der Waals surface area contributed by atoms with E-state index in [1.165, 1.54) is 6.07 Å². The van der Waals surface area contributed by atoms with Crippen LogP contribution in [0, 0.1) is 12.7 Å². The van der Waals surface area contributed by atoms with Gasteiger partial charge in [0.2, 0.25) is 0 Å². The van der Waals surface area contributed by atoms with Gasteiger partial charge in [0, 0.05) is 11.7 Å². The second-order valence-corrected chi connectivity index (χ2v) is 5.19. The SMILES string of the molecule is CCc1cc(CC)n(-c2cc(C)c(F)cc2[C@@H](C)N)n1. The van der Waals surface area contributed by atoms with Gasteiger partial charge in [-0.2, -0.15) is 5.10 Å². The molecular weight excluding hydrogens is 253 g/mol. The second-order valence-electron chi connectivity index (χ2n) is 5.19. The van der Waals surface area contributed by atoms with E-state index in [1.54, 1.807) is 6.92 Å². The third-order valence-corrected chi connectivity index (χ3v) is 3.58. The highest BCUT2D eigenvalue weighted by Gasteiger charge is 2.16. The molecule has 108 valence electrons. The van der Waals surface area contributed by atoms with Gasteiger partial charge < -0.3 is 5.73 Å². The van der Waals surface area contributed by atoms with Gasteiger partial charge in [-0.15, -0.1) is 0 Å². The Morgan fingerprint density at radius 1 is 1.25 bits per heavy atom. The van der Waals surface area contributed by atoms with Crippen molar-refractivity contribution in [2.75, 3.05) is 0 Å². The molecule has 2 N–H and O–H groups in total. The van der Waals surface area contributed by atoms with E-state index in [4.69, 9.17) is 5.73 Å². The molecule has 1 atom stereocenters. The molecule has 2 rings (SSSR count). The zero-order valence-electron chi connectivity index (χ0n) is 12.6. The topological polar surface area (TPSA) is 43.8 Å². The highest BCUT2D eigenvalue weighted by molar-refractivity contribution is 5.46. The van der Waals surface area contributed by atoms with E-state index in [-0.39, 0.29) is 11.9 Å². The van der Waals surface area contributed by atoms with E-state index in [2.05, 4.69) is 25.0 Å². The summed E-state index contributed by atoms with van der Waals surface area (Å²) in [5.41, 5.74) is 10.4. The van der Waals surface area contributed by atoms with Crippen LogP contribution in [0.4, 0.5) is 4.39 Å². The van der Waals surface area contributed by atoms with Crippen molar-refractivity contribution in [2.45, 2.75) is 46.6 Å². The van der Waals surface area contributed by atoms with Crippen molar-refractivity contribution in [3.63, 3.8) is 0 Å². The lowest BCUT2D eigenvalue weighted by Gasteiger charge is -2.16. The Kier molecular flexibility index (Phi) is 4.23. The maximum atomic E-state index is 13.8. The van der Waals surface area contributed by atoms with E-state index >= 15 is 0 Å².